The first-order valence-corrected chi connectivity index (χ1v) is 6.06. The number of hydrogen-bond acceptors (Lipinski definition) is 2. The topological polar surface area (TPSA) is 45.7 Å². The fourth-order valence-electron chi connectivity index (χ4n) is 1.08. The molecular weight excluding hydrogens is 202 g/mol. The molecule has 0 fully saturated rings. The summed E-state index contributed by atoms with van der Waals surface area (Å²) < 4.78 is 5.42. The Labute approximate surface area is 99.2 Å². The Hall–Kier alpha value is -1.03. The molecule has 0 radical (unpaired) electrons. The molecule has 0 heterocycles. The van der Waals surface area contributed by atoms with Gasteiger partial charge in [-0.2, -0.15) is 0 Å². The van der Waals surface area contributed by atoms with Crippen molar-refractivity contribution in [3.63, 3.8) is 0 Å². The maximum absolute atomic E-state index is 5.42. The van der Waals surface area contributed by atoms with Crippen LogP contribution in [0.3, 0.4) is 0 Å². The van der Waals surface area contributed by atoms with Crippen molar-refractivity contribution in [2.45, 2.75) is 26.7 Å². The Kier molecular flexibility index (Phi) is 11.3. The minimum atomic E-state index is 0.685. The van der Waals surface area contributed by atoms with Crippen LogP contribution in [0.4, 0.5) is 0 Å². The van der Waals surface area contributed by atoms with Gasteiger partial charge >= 0.3 is 0 Å². The molecule has 0 bridgehead atoms. The molecule has 4 heteroatoms. The quantitative estimate of drug-likeness (QED) is 0.272. The van der Waals surface area contributed by atoms with Crippen LogP contribution in [0.25, 0.3) is 0 Å². The number of aliphatic imine (C=N–C) groups is 1. The molecule has 0 rings (SSSR count). The fourth-order valence-corrected chi connectivity index (χ4v) is 1.08. The summed E-state index contributed by atoms with van der Waals surface area (Å²) in [6, 6.07) is 0. The van der Waals surface area contributed by atoms with Crippen molar-refractivity contribution >= 4 is 5.96 Å². The summed E-state index contributed by atoms with van der Waals surface area (Å²) in [7, 11) is 0. The lowest BCUT2D eigenvalue weighted by molar-refractivity contribution is 0.139. The predicted molar refractivity (Wildman–Crippen MR) is 69.9 cm³/mol. The smallest absolute Gasteiger partial charge is 0.191 e. The molecule has 94 valence electrons. The second kappa shape index (κ2) is 12.0. The lowest BCUT2D eigenvalue weighted by Crippen LogP contribution is -2.37. The molecular formula is C12H25N3O. The summed E-state index contributed by atoms with van der Waals surface area (Å²) in [5.41, 5.74) is 0. The second-order valence-electron chi connectivity index (χ2n) is 3.40. The second-order valence-corrected chi connectivity index (χ2v) is 3.40. The number of ether oxygens (including phenoxy) is 1. The van der Waals surface area contributed by atoms with Crippen molar-refractivity contribution in [1.82, 2.24) is 10.6 Å². The first-order valence-electron chi connectivity index (χ1n) is 6.06. The van der Waals surface area contributed by atoms with Crippen molar-refractivity contribution in [2.24, 2.45) is 4.99 Å². The lowest BCUT2D eigenvalue weighted by atomic mass is 10.4. The molecule has 0 atom stereocenters. The van der Waals surface area contributed by atoms with E-state index in [0.717, 1.165) is 32.1 Å². The van der Waals surface area contributed by atoms with E-state index in [-0.39, 0.29) is 0 Å². The summed E-state index contributed by atoms with van der Waals surface area (Å²) in [6.07, 6.45) is 4.11. The highest BCUT2D eigenvalue weighted by molar-refractivity contribution is 5.79. The van der Waals surface area contributed by atoms with E-state index in [2.05, 4.69) is 29.1 Å². The number of nitrogens with zero attached hydrogens (tertiary/aromatic N) is 1. The van der Waals surface area contributed by atoms with Crippen LogP contribution in [0.2, 0.25) is 0 Å². The van der Waals surface area contributed by atoms with Gasteiger partial charge < -0.3 is 15.4 Å². The van der Waals surface area contributed by atoms with E-state index in [0.29, 0.717) is 13.2 Å². The van der Waals surface area contributed by atoms with Gasteiger partial charge in [0, 0.05) is 19.7 Å². The van der Waals surface area contributed by atoms with E-state index in [1.165, 1.54) is 6.42 Å². The minimum Gasteiger partial charge on any atom is -0.380 e. The molecule has 0 saturated carbocycles. The molecule has 0 aliphatic rings. The third-order valence-electron chi connectivity index (χ3n) is 1.91. The van der Waals surface area contributed by atoms with E-state index in [9.17, 15) is 0 Å². The van der Waals surface area contributed by atoms with Crippen LogP contribution in [-0.2, 0) is 4.74 Å². The standard InChI is InChI=1S/C12H25N3O/c1-4-7-10-16-11-9-15-12(13-6-3)14-8-5-2/h5H,2,4,6-11H2,1,3H3,(H2,13,14,15). The van der Waals surface area contributed by atoms with Gasteiger partial charge in [0.1, 0.15) is 0 Å². The minimum absolute atomic E-state index is 0.685. The van der Waals surface area contributed by atoms with E-state index in [4.69, 9.17) is 4.74 Å². The molecule has 0 saturated heterocycles. The van der Waals surface area contributed by atoms with Crippen molar-refractivity contribution in [3.05, 3.63) is 12.7 Å². The van der Waals surface area contributed by atoms with Gasteiger partial charge in [-0.25, -0.2) is 0 Å². The van der Waals surface area contributed by atoms with Crippen LogP contribution < -0.4 is 10.6 Å². The number of hydrogen-bond donors (Lipinski definition) is 2. The van der Waals surface area contributed by atoms with Crippen LogP contribution in [0.15, 0.2) is 17.6 Å². The van der Waals surface area contributed by atoms with Crippen molar-refractivity contribution in [3.8, 4) is 0 Å². The van der Waals surface area contributed by atoms with E-state index >= 15 is 0 Å². The molecule has 0 aliphatic carbocycles. The van der Waals surface area contributed by atoms with E-state index in [1.54, 1.807) is 0 Å². The molecule has 0 aromatic heterocycles. The Morgan fingerprint density at radius 3 is 2.75 bits per heavy atom. The number of nitrogens with one attached hydrogen (secondary N) is 2. The van der Waals surface area contributed by atoms with Gasteiger partial charge in [-0.05, 0) is 13.3 Å². The molecule has 0 amide bonds. The first kappa shape index (κ1) is 15.0. The van der Waals surface area contributed by atoms with Gasteiger partial charge in [0.15, 0.2) is 5.96 Å². The predicted octanol–water partition coefficient (Wildman–Crippen LogP) is 1.54. The van der Waals surface area contributed by atoms with Crippen LogP contribution >= 0.6 is 0 Å². The molecule has 0 aliphatic heterocycles. The Morgan fingerprint density at radius 2 is 2.12 bits per heavy atom. The number of rotatable bonds is 9. The summed E-state index contributed by atoms with van der Waals surface area (Å²) in [4.78, 5) is 4.37. The molecule has 0 aromatic carbocycles. The van der Waals surface area contributed by atoms with Gasteiger partial charge in [0.05, 0.1) is 13.2 Å². The average Bonchev–Trinajstić information content (AvgIpc) is 2.30. The third-order valence-corrected chi connectivity index (χ3v) is 1.91. The van der Waals surface area contributed by atoms with Crippen LogP contribution in [0.5, 0.6) is 0 Å². The van der Waals surface area contributed by atoms with Crippen molar-refractivity contribution < 1.29 is 4.74 Å². The highest BCUT2D eigenvalue weighted by Crippen LogP contribution is 1.87. The average molecular weight is 227 g/mol. The fraction of sp³-hybridized carbons (Fsp3) is 0.750. The molecule has 0 spiro atoms. The summed E-state index contributed by atoms with van der Waals surface area (Å²) >= 11 is 0. The van der Waals surface area contributed by atoms with Crippen LogP contribution in [0, 0.1) is 0 Å². The van der Waals surface area contributed by atoms with Crippen LogP contribution in [0.1, 0.15) is 26.7 Å². The highest BCUT2D eigenvalue weighted by Gasteiger charge is 1.93. The van der Waals surface area contributed by atoms with Gasteiger partial charge in [-0.3, -0.25) is 4.99 Å². The van der Waals surface area contributed by atoms with Gasteiger partial charge in [0.25, 0.3) is 0 Å². The maximum Gasteiger partial charge on any atom is 0.191 e. The SMILES string of the molecule is C=CCNC(=NCCOCCCC)NCC. The Balaban J connectivity index is 3.62. The monoisotopic (exact) mass is 227 g/mol. The largest absolute Gasteiger partial charge is 0.380 e. The number of unbranched alkanes of at least 4 members (excludes halogenated alkanes) is 1. The third kappa shape index (κ3) is 9.52. The van der Waals surface area contributed by atoms with Gasteiger partial charge in [-0.1, -0.05) is 19.4 Å². The molecule has 16 heavy (non-hydrogen) atoms. The summed E-state index contributed by atoms with van der Waals surface area (Å²) in [5.74, 6) is 0.821. The number of guanidine groups is 1. The van der Waals surface area contributed by atoms with E-state index in [1.807, 2.05) is 13.0 Å². The lowest BCUT2D eigenvalue weighted by Gasteiger charge is -2.09. The van der Waals surface area contributed by atoms with Crippen molar-refractivity contribution in [1.29, 1.82) is 0 Å². The zero-order valence-corrected chi connectivity index (χ0v) is 10.6. The van der Waals surface area contributed by atoms with Gasteiger partial charge in [0.2, 0.25) is 0 Å². The Bertz CT molecular complexity index is 193. The zero-order valence-electron chi connectivity index (χ0n) is 10.6. The molecule has 0 unspecified atom stereocenters. The van der Waals surface area contributed by atoms with Gasteiger partial charge in [-0.15, -0.1) is 6.58 Å². The van der Waals surface area contributed by atoms with Crippen LogP contribution in [-0.4, -0.2) is 38.8 Å². The highest BCUT2D eigenvalue weighted by atomic mass is 16.5. The summed E-state index contributed by atoms with van der Waals surface area (Å²) in [5, 5.41) is 6.29. The normalized spacial score (nSPS) is 11.2. The first-order chi connectivity index (χ1) is 7.85. The van der Waals surface area contributed by atoms with E-state index < -0.39 is 0 Å². The molecule has 2 N–H and O–H groups in total. The van der Waals surface area contributed by atoms with Crippen molar-refractivity contribution in [2.75, 3.05) is 32.8 Å². The molecule has 0 aromatic rings. The Morgan fingerprint density at radius 1 is 1.31 bits per heavy atom. The molecule has 4 nitrogen and oxygen atoms in total. The summed E-state index contributed by atoms with van der Waals surface area (Å²) in [6.45, 7) is 11.7. The zero-order chi connectivity index (χ0) is 12.1. The maximum atomic E-state index is 5.42.